The number of esters is 1. The molecule has 3 heterocycles. The SMILES string of the molecule is Cc1ccn([C@@H]2O[C@H](COP(=O)(N[C@H]3CCOC3=O)Oc3ccc(Cl)cc3Cl)[C@@H](O)C2(F)F)c(=O)n1. The second-order valence-corrected chi connectivity index (χ2v) is 10.5. The van der Waals surface area contributed by atoms with E-state index < -0.39 is 56.4 Å². The highest BCUT2D eigenvalue weighted by molar-refractivity contribution is 7.52. The molecule has 2 aromatic rings. The molecule has 5 atom stereocenters. The van der Waals surface area contributed by atoms with Gasteiger partial charge in [-0.3, -0.25) is 13.9 Å². The largest absolute Gasteiger partial charge is 0.464 e. The molecular weight excluding hydrogens is 550 g/mol. The Hall–Kier alpha value is -2.12. The number of alkyl halides is 2. The lowest BCUT2D eigenvalue weighted by molar-refractivity contribution is -0.141. The molecule has 1 aromatic carbocycles. The molecule has 2 N–H and O–H groups in total. The van der Waals surface area contributed by atoms with Crippen molar-refractivity contribution in [3.8, 4) is 5.75 Å². The summed E-state index contributed by atoms with van der Waals surface area (Å²) in [6, 6.07) is 4.22. The third-order valence-corrected chi connectivity index (χ3v) is 7.46. The molecule has 0 spiro atoms. The molecule has 2 aliphatic rings. The van der Waals surface area contributed by atoms with Crippen LogP contribution in [0.15, 0.2) is 35.3 Å². The molecular formula is C20H20Cl2F2N3O8P. The van der Waals surface area contributed by atoms with Gasteiger partial charge in [0.05, 0.1) is 18.2 Å². The van der Waals surface area contributed by atoms with Gasteiger partial charge in [-0.25, -0.2) is 9.36 Å². The third kappa shape index (κ3) is 5.57. The molecule has 0 radical (unpaired) electrons. The van der Waals surface area contributed by atoms with Gasteiger partial charge in [0.2, 0.25) is 6.23 Å². The number of aryl methyl sites for hydroxylation is 1. The average Bonchev–Trinajstić information content (AvgIpc) is 3.29. The smallest absolute Gasteiger partial charge is 0.459 e. The predicted molar refractivity (Wildman–Crippen MR) is 121 cm³/mol. The summed E-state index contributed by atoms with van der Waals surface area (Å²) in [6.07, 6.45) is -5.20. The van der Waals surface area contributed by atoms with Crippen LogP contribution < -0.4 is 15.3 Å². The van der Waals surface area contributed by atoms with Crippen LogP contribution in [-0.2, 0) is 23.4 Å². The Morgan fingerprint density at radius 1 is 1.33 bits per heavy atom. The minimum absolute atomic E-state index is 0.0443. The first-order chi connectivity index (χ1) is 16.9. The van der Waals surface area contributed by atoms with Gasteiger partial charge in [-0.05, 0) is 31.2 Å². The van der Waals surface area contributed by atoms with Crippen molar-refractivity contribution >= 4 is 36.9 Å². The number of ether oxygens (including phenoxy) is 2. The van der Waals surface area contributed by atoms with Crippen molar-refractivity contribution in [1.82, 2.24) is 14.6 Å². The van der Waals surface area contributed by atoms with Crippen molar-refractivity contribution in [3.05, 3.63) is 56.7 Å². The van der Waals surface area contributed by atoms with E-state index in [9.17, 15) is 28.0 Å². The Morgan fingerprint density at radius 3 is 2.72 bits per heavy atom. The minimum atomic E-state index is -4.49. The summed E-state index contributed by atoms with van der Waals surface area (Å²) in [7, 11) is -4.49. The van der Waals surface area contributed by atoms with Gasteiger partial charge in [-0.2, -0.15) is 18.9 Å². The molecule has 2 fully saturated rings. The quantitative estimate of drug-likeness (QED) is 0.360. The van der Waals surface area contributed by atoms with Crippen LogP contribution in [0.3, 0.4) is 0 Å². The van der Waals surface area contributed by atoms with Gasteiger partial charge in [0.25, 0.3) is 0 Å². The first kappa shape index (κ1) is 26.9. The van der Waals surface area contributed by atoms with E-state index in [0.717, 1.165) is 6.20 Å². The van der Waals surface area contributed by atoms with Crippen molar-refractivity contribution in [2.75, 3.05) is 13.2 Å². The number of aliphatic hydroxyl groups is 1. The molecule has 16 heteroatoms. The van der Waals surface area contributed by atoms with Crippen molar-refractivity contribution in [1.29, 1.82) is 0 Å². The van der Waals surface area contributed by atoms with Gasteiger partial charge in [-0.15, -0.1) is 0 Å². The molecule has 36 heavy (non-hydrogen) atoms. The minimum Gasteiger partial charge on any atom is -0.464 e. The van der Waals surface area contributed by atoms with E-state index >= 15 is 0 Å². The molecule has 2 saturated heterocycles. The fourth-order valence-electron chi connectivity index (χ4n) is 3.53. The van der Waals surface area contributed by atoms with E-state index in [2.05, 4.69) is 10.1 Å². The number of aliphatic hydroxyl groups excluding tert-OH is 1. The highest BCUT2D eigenvalue weighted by Crippen LogP contribution is 2.49. The number of halogens is 4. The lowest BCUT2D eigenvalue weighted by Gasteiger charge is -2.24. The zero-order chi connectivity index (χ0) is 26.3. The van der Waals surface area contributed by atoms with Crippen molar-refractivity contribution in [2.45, 2.75) is 43.7 Å². The third-order valence-electron chi connectivity index (χ3n) is 5.37. The number of nitrogens with one attached hydrogen (secondary N) is 1. The summed E-state index contributed by atoms with van der Waals surface area (Å²) in [4.78, 5) is 27.6. The van der Waals surface area contributed by atoms with Crippen molar-refractivity contribution in [3.63, 3.8) is 0 Å². The molecule has 11 nitrogen and oxygen atoms in total. The number of carbonyl (C=O) groups is 1. The molecule has 0 amide bonds. The van der Waals surface area contributed by atoms with Crippen LogP contribution in [0.1, 0.15) is 18.3 Å². The average molecular weight is 570 g/mol. The Kier molecular flexibility index (Phi) is 7.73. The van der Waals surface area contributed by atoms with Crippen LogP contribution in [0.25, 0.3) is 0 Å². The van der Waals surface area contributed by atoms with Crippen LogP contribution in [0.2, 0.25) is 10.0 Å². The summed E-state index contributed by atoms with van der Waals surface area (Å²) < 4.78 is 64.5. The second kappa shape index (κ2) is 10.3. The number of nitrogens with zero attached hydrogens (tertiary/aromatic N) is 2. The standard InChI is InChI=1S/C20H20Cl2F2N3O8P/c1-10-4-6-27(19(30)25-10)18-20(23,24)16(28)15(34-18)9-33-36(31,26-13-5-7-32-17(13)29)35-14-3-2-11(21)8-12(14)22/h2-4,6,8,13,15-16,18,28H,5,7,9H2,1H3,(H,26,31)/t13-,15+,16+,18+,36?/m0/s1. The van der Waals surface area contributed by atoms with Crippen LogP contribution in [0.4, 0.5) is 8.78 Å². The lowest BCUT2D eigenvalue weighted by atomic mass is 10.1. The van der Waals surface area contributed by atoms with Crippen LogP contribution in [-0.4, -0.2) is 58.0 Å². The van der Waals surface area contributed by atoms with E-state index in [-0.39, 0.29) is 28.8 Å². The summed E-state index contributed by atoms with van der Waals surface area (Å²) in [6.45, 7) is 0.678. The fraction of sp³-hybridized carbons (Fsp3) is 0.450. The zero-order valence-corrected chi connectivity index (χ0v) is 20.9. The monoisotopic (exact) mass is 569 g/mol. The summed E-state index contributed by atoms with van der Waals surface area (Å²) in [5, 5.41) is 12.8. The summed E-state index contributed by atoms with van der Waals surface area (Å²) in [5.74, 6) is -4.79. The molecule has 0 bridgehead atoms. The van der Waals surface area contributed by atoms with Gasteiger partial charge >= 0.3 is 25.3 Å². The molecule has 0 saturated carbocycles. The molecule has 1 aromatic heterocycles. The Morgan fingerprint density at radius 2 is 2.08 bits per heavy atom. The molecule has 1 unspecified atom stereocenters. The molecule has 4 rings (SSSR count). The van der Waals surface area contributed by atoms with Crippen LogP contribution in [0.5, 0.6) is 5.75 Å². The van der Waals surface area contributed by atoms with Gasteiger partial charge in [0.1, 0.15) is 17.9 Å². The van der Waals surface area contributed by atoms with Crippen molar-refractivity contribution in [2.24, 2.45) is 0 Å². The predicted octanol–water partition coefficient (Wildman–Crippen LogP) is 2.86. The van der Waals surface area contributed by atoms with E-state index in [0.29, 0.717) is 10.3 Å². The highest BCUT2D eigenvalue weighted by atomic mass is 35.5. The van der Waals surface area contributed by atoms with E-state index in [1.807, 2.05) is 0 Å². The van der Waals surface area contributed by atoms with Crippen molar-refractivity contribution < 1.29 is 41.8 Å². The number of aromatic nitrogens is 2. The van der Waals surface area contributed by atoms with E-state index in [4.69, 9.17) is 41.7 Å². The summed E-state index contributed by atoms with van der Waals surface area (Å²) in [5.41, 5.74) is -0.713. The van der Waals surface area contributed by atoms with Gasteiger partial charge < -0.3 is 19.1 Å². The number of rotatable bonds is 8. The van der Waals surface area contributed by atoms with Crippen LogP contribution >= 0.6 is 30.9 Å². The number of benzene rings is 1. The normalized spacial score (nSPS) is 27.0. The first-order valence-electron chi connectivity index (χ1n) is 10.5. The molecule has 0 aliphatic carbocycles. The Bertz CT molecular complexity index is 1270. The topological polar surface area (TPSA) is 138 Å². The fourth-order valence-corrected chi connectivity index (χ4v) is 5.58. The highest BCUT2D eigenvalue weighted by Gasteiger charge is 2.60. The van der Waals surface area contributed by atoms with E-state index in [1.54, 1.807) is 0 Å². The number of hydrogen-bond donors (Lipinski definition) is 2. The number of cyclic esters (lactones) is 1. The maximum absolute atomic E-state index is 14.8. The summed E-state index contributed by atoms with van der Waals surface area (Å²) >= 11 is 11.9. The van der Waals surface area contributed by atoms with Gasteiger partial charge in [-0.1, -0.05) is 23.2 Å². The number of carbonyl (C=O) groups excluding carboxylic acids is 1. The molecule has 196 valence electrons. The Labute approximate surface area is 212 Å². The first-order valence-corrected chi connectivity index (χ1v) is 12.8. The lowest BCUT2D eigenvalue weighted by Crippen LogP contribution is -2.42. The zero-order valence-electron chi connectivity index (χ0n) is 18.5. The number of hydrogen-bond acceptors (Lipinski definition) is 9. The molecule has 2 aliphatic heterocycles. The van der Waals surface area contributed by atoms with Gasteiger partial charge in [0.15, 0.2) is 6.10 Å². The Balaban J connectivity index is 1.55. The van der Waals surface area contributed by atoms with Gasteiger partial charge in [0, 0.05) is 23.3 Å². The van der Waals surface area contributed by atoms with E-state index in [1.165, 1.54) is 31.2 Å². The van der Waals surface area contributed by atoms with Crippen LogP contribution in [0, 0.1) is 6.92 Å². The maximum Gasteiger partial charge on any atom is 0.459 e. The second-order valence-electron chi connectivity index (χ2n) is 8.00. The maximum atomic E-state index is 14.8.